The monoisotopic (exact) mass is 365 g/mol. The van der Waals surface area contributed by atoms with E-state index in [0.717, 1.165) is 55.1 Å². The zero-order chi connectivity index (χ0) is 17.6. The zero-order valence-electron chi connectivity index (χ0n) is 14.6. The first-order chi connectivity index (χ1) is 12.2. The SMILES string of the molecule is COc1ccc(-c2nnc(SC[C@@H](O)C[NH+]3CCOCC3)n2C)cc1. The maximum absolute atomic E-state index is 10.3. The Hall–Kier alpha value is -1.61. The molecule has 0 bridgehead atoms. The van der Waals surface area contributed by atoms with Crippen molar-refractivity contribution in [1.82, 2.24) is 14.8 Å². The van der Waals surface area contributed by atoms with Crippen molar-refractivity contribution < 1.29 is 19.5 Å². The quantitative estimate of drug-likeness (QED) is 0.666. The molecular formula is C17H25N4O3S+. The number of aliphatic hydroxyl groups excluding tert-OH is 1. The number of methoxy groups -OCH3 is 1. The van der Waals surface area contributed by atoms with Gasteiger partial charge in [0.05, 0.1) is 20.3 Å². The number of ether oxygens (including phenoxy) is 2. The van der Waals surface area contributed by atoms with Gasteiger partial charge in [-0.05, 0) is 24.3 Å². The van der Waals surface area contributed by atoms with Crippen LogP contribution in [0, 0.1) is 0 Å². The highest BCUT2D eigenvalue weighted by Crippen LogP contribution is 2.24. The van der Waals surface area contributed by atoms with Gasteiger partial charge in [-0.15, -0.1) is 10.2 Å². The van der Waals surface area contributed by atoms with Gasteiger partial charge in [-0.3, -0.25) is 0 Å². The molecule has 1 fully saturated rings. The molecule has 0 radical (unpaired) electrons. The summed E-state index contributed by atoms with van der Waals surface area (Å²) in [5, 5.41) is 19.6. The molecule has 1 aliphatic rings. The van der Waals surface area contributed by atoms with Gasteiger partial charge in [0, 0.05) is 18.4 Å². The third kappa shape index (κ3) is 4.72. The van der Waals surface area contributed by atoms with Crippen molar-refractivity contribution in [3.05, 3.63) is 24.3 Å². The molecule has 2 aromatic rings. The number of rotatable bonds is 7. The molecule has 2 heterocycles. The lowest BCUT2D eigenvalue weighted by atomic mass is 10.2. The Morgan fingerprint density at radius 1 is 1.28 bits per heavy atom. The van der Waals surface area contributed by atoms with Gasteiger partial charge in [0.25, 0.3) is 0 Å². The lowest BCUT2D eigenvalue weighted by Gasteiger charge is -2.25. The first-order valence-electron chi connectivity index (χ1n) is 8.43. The number of nitrogens with one attached hydrogen (secondary N) is 1. The van der Waals surface area contributed by atoms with Crippen LogP contribution in [0.5, 0.6) is 5.75 Å². The number of hydrogen-bond donors (Lipinski definition) is 2. The van der Waals surface area contributed by atoms with Crippen molar-refractivity contribution in [2.24, 2.45) is 7.05 Å². The van der Waals surface area contributed by atoms with Gasteiger partial charge in [-0.2, -0.15) is 0 Å². The number of morpholine rings is 1. The molecule has 0 amide bonds. The molecule has 1 aromatic heterocycles. The molecule has 1 aromatic carbocycles. The second-order valence-electron chi connectivity index (χ2n) is 6.13. The Labute approximate surface area is 151 Å². The number of quaternary nitrogens is 1. The molecule has 136 valence electrons. The van der Waals surface area contributed by atoms with Crippen molar-refractivity contribution in [2.45, 2.75) is 11.3 Å². The van der Waals surface area contributed by atoms with Crippen LogP contribution >= 0.6 is 11.8 Å². The van der Waals surface area contributed by atoms with E-state index in [0.29, 0.717) is 5.75 Å². The molecule has 0 unspecified atom stereocenters. The standard InChI is InChI=1S/C17H24N4O3S/c1-20-16(13-3-5-15(23-2)6-4-13)18-19-17(20)25-12-14(22)11-21-7-9-24-10-8-21/h3-6,14,22H,7-12H2,1-2H3/p+1/t14-/m0/s1. The largest absolute Gasteiger partial charge is 0.497 e. The van der Waals surface area contributed by atoms with Crippen molar-refractivity contribution in [3.8, 4) is 17.1 Å². The highest BCUT2D eigenvalue weighted by molar-refractivity contribution is 7.99. The lowest BCUT2D eigenvalue weighted by molar-refractivity contribution is -0.910. The van der Waals surface area contributed by atoms with Gasteiger partial charge in [-0.25, -0.2) is 0 Å². The van der Waals surface area contributed by atoms with E-state index in [-0.39, 0.29) is 6.10 Å². The number of aliphatic hydroxyl groups is 1. The van der Waals surface area contributed by atoms with Gasteiger partial charge in [0.1, 0.15) is 31.5 Å². The van der Waals surface area contributed by atoms with Crippen molar-refractivity contribution in [2.75, 3.05) is 45.7 Å². The maximum Gasteiger partial charge on any atom is 0.191 e. The molecule has 3 rings (SSSR count). The maximum atomic E-state index is 10.3. The number of thioether (sulfide) groups is 1. The fraction of sp³-hybridized carbons (Fsp3) is 0.529. The first-order valence-corrected chi connectivity index (χ1v) is 9.42. The number of hydrogen-bond acceptors (Lipinski definition) is 6. The van der Waals surface area contributed by atoms with Gasteiger partial charge in [0.15, 0.2) is 11.0 Å². The third-order valence-electron chi connectivity index (χ3n) is 4.31. The van der Waals surface area contributed by atoms with Crippen LogP contribution in [-0.4, -0.2) is 71.7 Å². The van der Waals surface area contributed by atoms with Crippen LogP contribution < -0.4 is 9.64 Å². The first kappa shape index (κ1) is 18.2. The van der Waals surface area contributed by atoms with E-state index in [1.165, 1.54) is 16.7 Å². The summed E-state index contributed by atoms with van der Waals surface area (Å²) in [5.41, 5.74) is 0.987. The average Bonchev–Trinajstić information content (AvgIpc) is 3.01. The molecule has 25 heavy (non-hydrogen) atoms. The summed E-state index contributed by atoms with van der Waals surface area (Å²) in [5.74, 6) is 2.23. The highest BCUT2D eigenvalue weighted by Gasteiger charge is 2.19. The predicted molar refractivity (Wildman–Crippen MR) is 96.1 cm³/mol. The molecular weight excluding hydrogens is 340 g/mol. The highest BCUT2D eigenvalue weighted by atomic mass is 32.2. The topological polar surface area (TPSA) is 73.8 Å². The molecule has 0 spiro atoms. The van der Waals surface area contributed by atoms with Crippen molar-refractivity contribution >= 4 is 11.8 Å². The second-order valence-corrected chi connectivity index (χ2v) is 7.11. The van der Waals surface area contributed by atoms with E-state index in [4.69, 9.17) is 9.47 Å². The predicted octanol–water partition coefficient (Wildman–Crippen LogP) is -0.141. The minimum absolute atomic E-state index is 0.362. The van der Waals surface area contributed by atoms with E-state index in [1.807, 2.05) is 35.9 Å². The lowest BCUT2D eigenvalue weighted by Crippen LogP contribution is -3.15. The minimum Gasteiger partial charge on any atom is -0.497 e. The van der Waals surface area contributed by atoms with Gasteiger partial charge in [-0.1, -0.05) is 11.8 Å². The number of aromatic nitrogens is 3. The summed E-state index contributed by atoms with van der Waals surface area (Å²) >= 11 is 1.54. The summed E-state index contributed by atoms with van der Waals surface area (Å²) in [6.45, 7) is 4.24. The van der Waals surface area contributed by atoms with Gasteiger partial charge in [0.2, 0.25) is 0 Å². The summed E-state index contributed by atoms with van der Waals surface area (Å²) in [6.07, 6.45) is -0.362. The fourth-order valence-electron chi connectivity index (χ4n) is 2.86. The average molecular weight is 365 g/mol. The Bertz CT molecular complexity index is 671. The summed E-state index contributed by atoms with van der Waals surface area (Å²) < 4.78 is 12.5. The van der Waals surface area contributed by atoms with Gasteiger partial charge >= 0.3 is 0 Å². The number of benzene rings is 1. The molecule has 1 saturated heterocycles. The van der Waals surface area contributed by atoms with Crippen molar-refractivity contribution in [3.63, 3.8) is 0 Å². The van der Waals surface area contributed by atoms with Crippen LogP contribution in [0.1, 0.15) is 0 Å². The third-order valence-corrected chi connectivity index (χ3v) is 5.48. The van der Waals surface area contributed by atoms with Crippen molar-refractivity contribution in [1.29, 1.82) is 0 Å². The van der Waals surface area contributed by atoms with E-state index >= 15 is 0 Å². The van der Waals surface area contributed by atoms with E-state index < -0.39 is 0 Å². The Morgan fingerprint density at radius 3 is 2.68 bits per heavy atom. The van der Waals surface area contributed by atoms with Crippen LogP contribution in [0.15, 0.2) is 29.4 Å². The Morgan fingerprint density at radius 2 is 2.00 bits per heavy atom. The Balaban J connectivity index is 1.57. The van der Waals surface area contributed by atoms with Crippen LogP contribution in [0.4, 0.5) is 0 Å². The normalized spacial score (nSPS) is 16.8. The second kappa shape index (κ2) is 8.66. The number of nitrogens with zero attached hydrogens (tertiary/aromatic N) is 3. The molecule has 1 aliphatic heterocycles. The smallest absolute Gasteiger partial charge is 0.191 e. The van der Waals surface area contributed by atoms with Crippen LogP contribution in [0.2, 0.25) is 0 Å². The van der Waals surface area contributed by atoms with Gasteiger partial charge < -0.3 is 24.0 Å². The van der Waals surface area contributed by atoms with Crippen LogP contribution in [0.3, 0.4) is 0 Å². The zero-order valence-corrected chi connectivity index (χ0v) is 15.5. The minimum atomic E-state index is -0.362. The molecule has 7 nitrogen and oxygen atoms in total. The molecule has 1 atom stereocenters. The van der Waals surface area contributed by atoms with Crippen LogP contribution in [0.25, 0.3) is 11.4 Å². The summed E-state index contributed by atoms with van der Waals surface area (Å²) in [4.78, 5) is 1.40. The van der Waals surface area contributed by atoms with E-state index in [1.54, 1.807) is 7.11 Å². The summed E-state index contributed by atoms with van der Waals surface area (Å²) in [7, 11) is 3.59. The molecule has 0 aliphatic carbocycles. The molecule has 0 saturated carbocycles. The molecule has 8 heteroatoms. The fourth-order valence-corrected chi connectivity index (χ4v) is 3.70. The molecule has 2 N–H and O–H groups in total. The summed E-state index contributed by atoms with van der Waals surface area (Å²) in [6, 6.07) is 7.75. The van der Waals surface area contributed by atoms with Crippen LogP contribution in [-0.2, 0) is 11.8 Å². The van der Waals surface area contributed by atoms with E-state index in [9.17, 15) is 5.11 Å². The van der Waals surface area contributed by atoms with E-state index in [2.05, 4.69) is 10.2 Å². The Kier molecular flexibility index (Phi) is 6.30.